The van der Waals surface area contributed by atoms with Crippen molar-refractivity contribution in [3.8, 4) is 0 Å². The molecule has 0 aromatic rings. The summed E-state index contributed by atoms with van der Waals surface area (Å²) in [6.07, 6.45) is 3.64. The number of nitrogens with one attached hydrogen (secondary N) is 2. The minimum atomic E-state index is -0.991. The molecule has 0 bridgehead atoms. The molecule has 5 heteroatoms. The first-order valence-electron chi connectivity index (χ1n) is 6.67. The van der Waals surface area contributed by atoms with Gasteiger partial charge in [-0.2, -0.15) is 0 Å². The number of rotatable bonds is 5. The van der Waals surface area contributed by atoms with E-state index in [1.54, 1.807) is 13.8 Å². The normalized spacial score (nSPS) is 24.6. The Morgan fingerprint density at radius 2 is 2.11 bits per heavy atom. The molecule has 1 rings (SSSR count). The number of hydrogen-bond donors (Lipinski definition) is 3. The van der Waals surface area contributed by atoms with Crippen LogP contribution in [0.5, 0.6) is 0 Å². The SMILES string of the molecule is CCCC1(C(=O)NC(C)(C)C(N)=O)CCCNC1. The van der Waals surface area contributed by atoms with E-state index in [0.29, 0.717) is 6.54 Å². The predicted octanol–water partition coefficient (Wildman–Crippen LogP) is 0.536. The zero-order valence-electron chi connectivity index (χ0n) is 11.6. The predicted molar refractivity (Wildman–Crippen MR) is 70.9 cm³/mol. The Morgan fingerprint density at radius 1 is 1.44 bits per heavy atom. The highest BCUT2D eigenvalue weighted by molar-refractivity contribution is 5.92. The van der Waals surface area contributed by atoms with Crippen molar-refractivity contribution in [2.45, 2.75) is 52.0 Å². The Labute approximate surface area is 109 Å². The molecule has 18 heavy (non-hydrogen) atoms. The first-order chi connectivity index (χ1) is 8.34. The van der Waals surface area contributed by atoms with Crippen LogP contribution in [-0.2, 0) is 9.59 Å². The van der Waals surface area contributed by atoms with Crippen LogP contribution in [0.15, 0.2) is 0 Å². The molecule has 0 saturated carbocycles. The zero-order valence-corrected chi connectivity index (χ0v) is 11.6. The van der Waals surface area contributed by atoms with Crippen molar-refractivity contribution in [3.63, 3.8) is 0 Å². The van der Waals surface area contributed by atoms with Gasteiger partial charge in [-0.25, -0.2) is 0 Å². The summed E-state index contributed by atoms with van der Waals surface area (Å²) in [7, 11) is 0. The molecule has 2 amide bonds. The van der Waals surface area contributed by atoms with Crippen molar-refractivity contribution in [1.82, 2.24) is 10.6 Å². The van der Waals surface area contributed by atoms with Crippen LogP contribution < -0.4 is 16.4 Å². The Bertz CT molecular complexity index is 315. The Balaban J connectivity index is 2.80. The molecular formula is C13H25N3O2. The Morgan fingerprint density at radius 3 is 2.56 bits per heavy atom. The van der Waals surface area contributed by atoms with E-state index >= 15 is 0 Å². The maximum atomic E-state index is 12.5. The number of carbonyl (C=O) groups excluding carboxylic acids is 2. The summed E-state index contributed by atoms with van der Waals surface area (Å²) in [5.41, 5.74) is 3.92. The summed E-state index contributed by atoms with van der Waals surface area (Å²) < 4.78 is 0. The second kappa shape index (κ2) is 5.69. The lowest BCUT2D eigenvalue weighted by atomic mass is 9.75. The van der Waals surface area contributed by atoms with Crippen molar-refractivity contribution >= 4 is 11.8 Å². The highest BCUT2D eigenvalue weighted by Gasteiger charge is 2.41. The molecule has 1 aliphatic heterocycles. The van der Waals surface area contributed by atoms with Gasteiger partial charge in [-0.05, 0) is 39.7 Å². The second-order valence-electron chi connectivity index (χ2n) is 5.75. The van der Waals surface area contributed by atoms with Gasteiger partial charge in [0.15, 0.2) is 0 Å². The van der Waals surface area contributed by atoms with Crippen LogP contribution in [0, 0.1) is 5.41 Å². The Hall–Kier alpha value is -1.10. The lowest BCUT2D eigenvalue weighted by molar-refractivity contribution is -0.138. The highest BCUT2D eigenvalue weighted by atomic mass is 16.2. The van der Waals surface area contributed by atoms with Gasteiger partial charge < -0.3 is 16.4 Å². The molecule has 1 atom stereocenters. The van der Waals surface area contributed by atoms with Crippen LogP contribution in [0.4, 0.5) is 0 Å². The number of carbonyl (C=O) groups is 2. The van der Waals surface area contributed by atoms with Crippen LogP contribution in [0.1, 0.15) is 46.5 Å². The van der Waals surface area contributed by atoms with Gasteiger partial charge in [-0.15, -0.1) is 0 Å². The number of hydrogen-bond acceptors (Lipinski definition) is 3. The smallest absolute Gasteiger partial charge is 0.242 e. The van der Waals surface area contributed by atoms with E-state index in [9.17, 15) is 9.59 Å². The van der Waals surface area contributed by atoms with Crippen LogP contribution >= 0.6 is 0 Å². The molecule has 0 aromatic heterocycles. The lowest BCUT2D eigenvalue weighted by Crippen LogP contribution is -2.59. The van der Waals surface area contributed by atoms with E-state index in [0.717, 1.165) is 32.2 Å². The molecule has 1 unspecified atom stereocenters. The molecule has 1 aliphatic rings. The minimum absolute atomic E-state index is 0.0552. The maximum absolute atomic E-state index is 12.5. The van der Waals surface area contributed by atoms with Gasteiger partial charge in [-0.1, -0.05) is 13.3 Å². The molecule has 0 spiro atoms. The van der Waals surface area contributed by atoms with Gasteiger partial charge in [-0.3, -0.25) is 9.59 Å². The van der Waals surface area contributed by atoms with E-state index in [4.69, 9.17) is 5.73 Å². The van der Waals surface area contributed by atoms with E-state index in [2.05, 4.69) is 17.6 Å². The van der Waals surface area contributed by atoms with Crippen molar-refractivity contribution in [2.75, 3.05) is 13.1 Å². The molecule has 1 heterocycles. The summed E-state index contributed by atoms with van der Waals surface area (Å²) in [5, 5.41) is 6.08. The van der Waals surface area contributed by atoms with Crippen LogP contribution in [0.25, 0.3) is 0 Å². The Kier molecular flexibility index (Phi) is 4.73. The third-order valence-corrected chi connectivity index (χ3v) is 3.72. The van der Waals surface area contributed by atoms with Crippen LogP contribution in [-0.4, -0.2) is 30.4 Å². The standard InChI is InChI=1S/C13H25N3O2/c1-4-6-13(7-5-8-15-9-13)11(18)16-12(2,3)10(14)17/h15H,4-9H2,1-3H3,(H2,14,17)(H,16,18). The first kappa shape index (κ1) is 15.0. The minimum Gasteiger partial charge on any atom is -0.368 e. The van der Waals surface area contributed by atoms with E-state index in [1.165, 1.54) is 0 Å². The van der Waals surface area contributed by atoms with Gasteiger partial charge >= 0.3 is 0 Å². The zero-order chi connectivity index (χ0) is 13.8. The summed E-state index contributed by atoms with van der Waals surface area (Å²) in [6.45, 7) is 6.99. The second-order valence-corrected chi connectivity index (χ2v) is 5.75. The summed E-state index contributed by atoms with van der Waals surface area (Å²) in [6, 6.07) is 0. The number of piperidine rings is 1. The summed E-state index contributed by atoms with van der Waals surface area (Å²) in [4.78, 5) is 23.8. The summed E-state index contributed by atoms with van der Waals surface area (Å²) in [5.74, 6) is -0.563. The molecule has 0 radical (unpaired) electrons. The van der Waals surface area contributed by atoms with Gasteiger partial charge in [0, 0.05) is 6.54 Å². The van der Waals surface area contributed by atoms with E-state index < -0.39 is 11.4 Å². The van der Waals surface area contributed by atoms with Crippen molar-refractivity contribution in [2.24, 2.45) is 11.1 Å². The molecule has 0 aliphatic carbocycles. The molecule has 0 aromatic carbocycles. The maximum Gasteiger partial charge on any atom is 0.242 e. The molecule has 4 N–H and O–H groups in total. The fourth-order valence-electron chi connectivity index (χ4n) is 2.45. The third kappa shape index (κ3) is 3.22. The third-order valence-electron chi connectivity index (χ3n) is 3.72. The fourth-order valence-corrected chi connectivity index (χ4v) is 2.45. The van der Waals surface area contributed by atoms with E-state index in [1.807, 2.05) is 0 Å². The molecule has 1 saturated heterocycles. The quantitative estimate of drug-likeness (QED) is 0.670. The lowest BCUT2D eigenvalue weighted by Gasteiger charge is -2.38. The van der Waals surface area contributed by atoms with Crippen molar-refractivity contribution in [1.29, 1.82) is 0 Å². The van der Waals surface area contributed by atoms with Crippen molar-refractivity contribution in [3.05, 3.63) is 0 Å². The average molecular weight is 255 g/mol. The van der Waals surface area contributed by atoms with E-state index in [-0.39, 0.29) is 11.3 Å². The first-order valence-corrected chi connectivity index (χ1v) is 6.67. The average Bonchev–Trinajstić information content (AvgIpc) is 2.29. The fraction of sp³-hybridized carbons (Fsp3) is 0.846. The number of primary amides is 1. The molecule has 5 nitrogen and oxygen atoms in total. The summed E-state index contributed by atoms with van der Waals surface area (Å²) >= 11 is 0. The van der Waals surface area contributed by atoms with Crippen molar-refractivity contribution < 1.29 is 9.59 Å². The van der Waals surface area contributed by atoms with Crippen LogP contribution in [0.2, 0.25) is 0 Å². The number of amides is 2. The topological polar surface area (TPSA) is 84.2 Å². The highest BCUT2D eigenvalue weighted by Crippen LogP contribution is 2.32. The van der Waals surface area contributed by atoms with Gasteiger partial charge in [0.1, 0.15) is 5.54 Å². The van der Waals surface area contributed by atoms with Gasteiger partial charge in [0.2, 0.25) is 11.8 Å². The molecule has 104 valence electrons. The van der Waals surface area contributed by atoms with Gasteiger partial charge in [0.05, 0.1) is 5.41 Å². The largest absolute Gasteiger partial charge is 0.368 e. The van der Waals surface area contributed by atoms with Gasteiger partial charge in [0.25, 0.3) is 0 Å². The monoisotopic (exact) mass is 255 g/mol. The van der Waals surface area contributed by atoms with Crippen LogP contribution in [0.3, 0.4) is 0 Å². The molecule has 1 fully saturated rings. The number of nitrogens with two attached hydrogens (primary N) is 1. The molecular weight excluding hydrogens is 230 g/mol.